The number of nitrogens with zero attached hydrogens (tertiary/aromatic N) is 2. The largest absolute Gasteiger partial charge is 0.478 e. The Balaban J connectivity index is 1.38. The second-order valence-electron chi connectivity index (χ2n) is 8.94. The van der Waals surface area contributed by atoms with Gasteiger partial charge in [-0.05, 0) is 85.6 Å². The van der Waals surface area contributed by atoms with E-state index in [0.717, 1.165) is 20.9 Å². The fourth-order valence-corrected chi connectivity index (χ4v) is 5.28. The lowest BCUT2D eigenvalue weighted by molar-refractivity contribution is -0.114. The third-order valence-corrected chi connectivity index (χ3v) is 7.50. The Morgan fingerprint density at radius 1 is 1.00 bits per heavy atom. The van der Waals surface area contributed by atoms with Crippen molar-refractivity contribution >= 4 is 63.9 Å². The van der Waals surface area contributed by atoms with Gasteiger partial charge in [0.15, 0.2) is 0 Å². The predicted molar refractivity (Wildman–Crippen MR) is 156 cm³/mol. The van der Waals surface area contributed by atoms with Crippen LogP contribution in [0.1, 0.15) is 38.1 Å². The van der Waals surface area contributed by atoms with Gasteiger partial charge in [0, 0.05) is 15.4 Å². The van der Waals surface area contributed by atoms with E-state index in [1.165, 1.54) is 28.5 Å². The zero-order chi connectivity index (χ0) is 27.7. The lowest BCUT2D eigenvalue weighted by atomic mass is 10.1. The number of amides is 2. The van der Waals surface area contributed by atoms with Crippen LogP contribution in [-0.2, 0) is 4.79 Å². The molecule has 0 fully saturated rings. The molecule has 0 unspecified atom stereocenters. The summed E-state index contributed by atoms with van der Waals surface area (Å²) < 4.78 is 0. The maximum absolute atomic E-state index is 13.1. The molecule has 1 aliphatic rings. The molecule has 5 rings (SSSR count). The number of hydrazone groups is 1. The maximum atomic E-state index is 13.1. The molecule has 3 aromatic carbocycles. The molecule has 2 N–H and O–H groups in total. The number of benzene rings is 3. The van der Waals surface area contributed by atoms with Crippen LogP contribution < -0.4 is 10.3 Å². The van der Waals surface area contributed by atoms with Crippen LogP contribution in [0.25, 0.3) is 16.5 Å². The van der Waals surface area contributed by atoms with Crippen molar-refractivity contribution in [1.82, 2.24) is 0 Å². The summed E-state index contributed by atoms with van der Waals surface area (Å²) in [6, 6.07) is 22.7. The number of carboxylic acid groups (broad SMARTS) is 1. The molecular formula is C30H22ClN3O4S. The van der Waals surface area contributed by atoms with Crippen molar-refractivity contribution in [3.8, 4) is 10.4 Å². The molecule has 1 aliphatic heterocycles. The van der Waals surface area contributed by atoms with Crippen LogP contribution in [0.4, 0.5) is 11.4 Å². The van der Waals surface area contributed by atoms with E-state index in [1.807, 2.05) is 49.4 Å². The summed E-state index contributed by atoms with van der Waals surface area (Å²) in [5.41, 5.74) is 4.29. The average molecular weight is 556 g/mol. The van der Waals surface area contributed by atoms with Gasteiger partial charge in [-0.25, -0.2) is 4.79 Å². The molecule has 0 saturated carbocycles. The third-order valence-electron chi connectivity index (χ3n) is 6.09. The van der Waals surface area contributed by atoms with E-state index >= 15 is 0 Å². The number of thiophene rings is 1. The molecule has 0 atom stereocenters. The molecule has 1 aromatic heterocycles. The number of carbonyl (C=O) groups excluding carboxylic acids is 2. The summed E-state index contributed by atoms with van der Waals surface area (Å²) in [4.78, 5) is 39.2. The standard InChI is InChI=1S/C30H22ClN3O4S/c1-17-5-3-7-21(13-17)32-28(35)25-15-19(9-11-26(25)31)27-12-10-23(39-27)16-24-18(2)33-34(29(24)36)22-8-4-6-20(14-22)30(37)38/h3-16H,1-2H3,(H,32,35)(H,37,38)/b24-16-. The number of anilines is 2. The molecule has 0 radical (unpaired) electrons. The fraction of sp³-hybridized carbons (Fsp3) is 0.0667. The normalized spacial score (nSPS) is 14.0. The van der Waals surface area contributed by atoms with Crippen molar-refractivity contribution in [1.29, 1.82) is 0 Å². The van der Waals surface area contributed by atoms with Gasteiger partial charge in [-0.2, -0.15) is 10.1 Å². The number of aryl methyl sites for hydroxylation is 1. The molecule has 2 amide bonds. The highest BCUT2D eigenvalue weighted by atomic mass is 35.5. The molecule has 0 aliphatic carbocycles. The molecule has 2 heterocycles. The van der Waals surface area contributed by atoms with E-state index in [1.54, 1.807) is 37.3 Å². The monoisotopic (exact) mass is 555 g/mol. The molecule has 4 aromatic rings. The molecule has 0 bridgehead atoms. The Kier molecular flexibility index (Phi) is 7.15. The van der Waals surface area contributed by atoms with Crippen LogP contribution in [0.3, 0.4) is 0 Å². The predicted octanol–water partition coefficient (Wildman–Crippen LogP) is 7.13. The number of aromatic carboxylic acids is 1. The van der Waals surface area contributed by atoms with E-state index in [0.29, 0.717) is 33.2 Å². The minimum absolute atomic E-state index is 0.0726. The molecule has 9 heteroatoms. The Morgan fingerprint density at radius 2 is 1.79 bits per heavy atom. The Hall–Kier alpha value is -4.53. The SMILES string of the molecule is CC1=NN(c2cccc(C(=O)O)c2)C(=O)/C1=C\c1ccc(-c2ccc(Cl)c(C(=O)Nc3cccc(C)c3)c2)s1. The van der Waals surface area contributed by atoms with Crippen LogP contribution in [0.2, 0.25) is 5.02 Å². The first kappa shape index (κ1) is 26.1. The number of carboxylic acids is 1. The summed E-state index contributed by atoms with van der Waals surface area (Å²) in [5.74, 6) is -1.72. The van der Waals surface area contributed by atoms with Crippen LogP contribution in [-0.4, -0.2) is 28.6 Å². The lowest BCUT2D eigenvalue weighted by Crippen LogP contribution is -2.21. The maximum Gasteiger partial charge on any atom is 0.335 e. The highest BCUT2D eigenvalue weighted by molar-refractivity contribution is 7.16. The first-order chi connectivity index (χ1) is 18.7. The van der Waals surface area contributed by atoms with Crippen molar-refractivity contribution in [2.45, 2.75) is 13.8 Å². The molecule has 39 heavy (non-hydrogen) atoms. The van der Waals surface area contributed by atoms with Gasteiger partial charge in [-0.3, -0.25) is 9.59 Å². The van der Waals surface area contributed by atoms with Gasteiger partial charge in [-0.15, -0.1) is 11.3 Å². The van der Waals surface area contributed by atoms with Crippen LogP contribution in [0.15, 0.2) is 89.5 Å². The van der Waals surface area contributed by atoms with E-state index < -0.39 is 5.97 Å². The zero-order valence-electron chi connectivity index (χ0n) is 20.9. The van der Waals surface area contributed by atoms with Gasteiger partial charge in [0.25, 0.3) is 11.8 Å². The fourth-order valence-electron chi connectivity index (χ4n) is 4.13. The molecular weight excluding hydrogens is 534 g/mol. The topological polar surface area (TPSA) is 99.1 Å². The van der Waals surface area contributed by atoms with Crippen LogP contribution >= 0.6 is 22.9 Å². The number of carbonyl (C=O) groups is 3. The Bertz CT molecular complexity index is 1710. The van der Waals surface area contributed by atoms with Crippen LogP contribution in [0.5, 0.6) is 0 Å². The summed E-state index contributed by atoms with van der Waals surface area (Å²) in [5, 5.41) is 18.1. The minimum Gasteiger partial charge on any atom is -0.478 e. The second kappa shape index (κ2) is 10.7. The van der Waals surface area contributed by atoms with Crippen molar-refractivity contribution in [3.05, 3.63) is 111 Å². The van der Waals surface area contributed by atoms with Crippen molar-refractivity contribution in [3.63, 3.8) is 0 Å². The summed E-state index contributed by atoms with van der Waals surface area (Å²) in [6.45, 7) is 3.69. The van der Waals surface area contributed by atoms with Gasteiger partial charge in [0.05, 0.1) is 33.1 Å². The average Bonchev–Trinajstić information content (AvgIpc) is 3.49. The van der Waals surface area contributed by atoms with E-state index in [4.69, 9.17) is 11.6 Å². The summed E-state index contributed by atoms with van der Waals surface area (Å²) in [6.07, 6.45) is 1.76. The highest BCUT2D eigenvalue weighted by Gasteiger charge is 2.29. The zero-order valence-corrected chi connectivity index (χ0v) is 22.5. The van der Waals surface area contributed by atoms with Gasteiger partial charge >= 0.3 is 5.97 Å². The number of halogens is 1. The van der Waals surface area contributed by atoms with Crippen molar-refractivity contribution < 1.29 is 19.5 Å². The number of hydrogen-bond donors (Lipinski definition) is 2. The highest BCUT2D eigenvalue weighted by Crippen LogP contribution is 2.33. The van der Waals surface area contributed by atoms with E-state index in [-0.39, 0.29) is 17.4 Å². The first-order valence-corrected chi connectivity index (χ1v) is 13.1. The van der Waals surface area contributed by atoms with Crippen LogP contribution in [0, 0.1) is 6.92 Å². The van der Waals surface area contributed by atoms with Gasteiger partial charge in [-0.1, -0.05) is 35.9 Å². The van der Waals surface area contributed by atoms with Crippen molar-refractivity contribution in [2.24, 2.45) is 5.10 Å². The number of rotatable bonds is 6. The molecule has 0 saturated heterocycles. The van der Waals surface area contributed by atoms with Gasteiger partial charge < -0.3 is 10.4 Å². The quantitative estimate of drug-likeness (QED) is 0.247. The molecule has 0 spiro atoms. The Labute approximate surface area is 233 Å². The van der Waals surface area contributed by atoms with Gasteiger partial charge in [0.2, 0.25) is 0 Å². The van der Waals surface area contributed by atoms with E-state index in [2.05, 4.69) is 10.4 Å². The van der Waals surface area contributed by atoms with Crippen molar-refractivity contribution in [2.75, 3.05) is 10.3 Å². The van der Waals surface area contributed by atoms with Gasteiger partial charge in [0.1, 0.15) is 0 Å². The molecule has 194 valence electrons. The molecule has 7 nitrogen and oxygen atoms in total. The Morgan fingerprint density at radius 3 is 2.56 bits per heavy atom. The second-order valence-corrected chi connectivity index (χ2v) is 10.5. The van der Waals surface area contributed by atoms with E-state index in [9.17, 15) is 19.5 Å². The minimum atomic E-state index is -1.08. The number of hydrogen-bond acceptors (Lipinski definition) is 5. The third kappa shape index (κ3) is 5.52. The smallest absolute Gasteiger partial charge is 0.335 e. The lowest BCUT2D eigenvalue weighted by Gasteiger charge is -2.12. The number of nitrogens with one attached hydrogen (secondary N) is 1. The summed E-state index contributed by atoms with van der Waals surface area (Å²) in [7, 11) is 0. The summed E-state index contributed by atoms with van der Waals surface area (Å²) >= 11 is 7.82. The first-order valence-electron chi connectivity index (χ1n) is 11.9.